The van der Waals surface area contributed by atoms with Gasteiger partial charge in [-0.1, -0.05) is 60.5 Å². The molecule has 35 heavy (non-hydrogen) atoms. The molecule has 2 aliphatic rings. The molecule has 2 saturated heterocycles. The molecule has 0 radical (unpaired) electrons. The van der Waals surface area contributed by atoms with Gasteiger partial charge in [0.15, 0.2) is 0 Å². The average Bonchev–Trinajstić information content (AvgIpc) is 3.27. The number of benzene rings is 3. The van der Waals surface area contributed by atoms with Gasteiger partial charge >= 0.3 is 5.97 Å². The second-order valence-corrected chi connectivity index (χ2v) is 9.90. The molecule has 0 saturated carbocycles. The van der Waals surface area contributed by atoms with Crippen molar-refractivity contribution in [2.75, 3.05) is 0 Å². The number of ether oxygens (including phenoxy) is 1. The molecule has 6 nitrogen and oxygen atoms in total. The summed E-state index contributed by atoms with van der Waals surface area (Å²) in [6.45, 7) is 5.90. The number of aryl methyl sites for hydroxylation is 2. The van der Waals surface area contributed by atoms with E-state index in [4.69, 9.17) is 4.74 Å². The van der Waals surface area contributed by atoms with E-state index in [1.165, 1.54) is 0 Å². The highest BCUT2D eigenvalue weighted by Crippen LogP contribution is 2.53. The first-order valence-corrected chi connectivity index (χ1v) is 11.8. The maximum Gasteiger partial charge on any atom is 0.343 e. The molecule has 5 rings (SSSR count). The Bertz CT molecular complexity index is 1330. The fraction of sp³-hybridized carbons (Fsp3) is 0.276. The molecule has 6 heteroatoms. The van der Waals surface area contributed by atoms with Gasteiger partial charge in [0.2, 0.25) is 5.91 Å². The Morgan fingerprint density at radius 2 is 1.60 bits per heavy atom. The molecular formula is C29H28N2O4. The van der Waals surface area contributed by atoms with Gasteiger partial charge in [-0.3, -0.25) is 9.59 Å². The predicted molar refractivity (Wildman–Crippen MR) is 132 cm³/mol. The van der Waals surface area contributed by atoms with Crippen LogP contribution in [-0.4, -0.2) is 28.8 Å². The van der Waals surface area contributed by atoms with E-state index >= 15 is 0 Å². The van der Waals surface area contributed by atoms with Crippen molar-refractivity contribution in [1.29, 1.82) is 0 Å². The molecule has 3 aromatic carbocycles. The first-order valence-electron chi connectivity index (χ1n) is 11.8. The summed E-state index contributed by atoms with van der Waals surface area (Å²) in [7, 11) is 0. The van der Waals surface area contributed by atoms with Crippen LogP contribution in [0.5, 0.6) is 5.75 Å². The van der Waals surface area contributed by atoms with E-state index in [-0.39, 0.29) is 17.9 Å². The Hall–Kier alpha value is -3.93. The summed E-state index contributed by atoms with van der Waals surface area (Å²) in [4.78, 5) is 40.9. The number of amides is 2. The van der Waals surface area contributed by atoms with Gasteiger partial charge < -0.3 is 15.0 Å². The second-order valence-electron chi connectivity index (χ2n) is 9.90. The Kier molecular flexibility index (Phi) is 5.67. The molecule has 2 aliphatic heterocycles. The number of hydrogen-bond donors (Lipinski definition) is 1. The predicted octanol–water partition coefficient (Wildman–Crippen LogP) is 4.96. The van der Waals surface area contributed by atoms with Crippen molar-refractivity contribution in [3.05, 3.63) is 101 Å². The van der Waals surface area contributed by atoms with E-state index in [9.17, 15) is 14.4 Å². The molecule has 0 spiro atoms. The zero-order valence-electron chi connectivity index (χ0n) is 20.1. The fourth-order valence-corrected chi connectivity index (χ4v) is 5.38. The van der Waals surface area contributed by atoms with Crippen molar-refractivity contribution >= 4 is 17.8 Å². The quantitative estimate of drug-likeness (QED) is 0.434. The van der Waals surface area contributed by atoms with Crippen LogP contribution < -0.4 is 10.1 Å². The highest BCUT2D eigenvalue weighted by atomic mass is 16.5. The molecule has 1 N–H and O–H groups in total. The number of rotatable bonds is 4. The van der Waals surface area contributed by atoms with Crippen molar-refractivity contribution in [1.82, 2.24) is 10.2 Å². The lowest BCUT2D eigenvalue weighted by Crippen LogP contribution is -2.47. The summed E-state index contributed by atoms with van der Waals surface area (Å²) in [6.07, 6.45) is 0.484. The Labute approximate surface area is 204 Å². The van der Waals surface area contributed by atoms with E-state index in [0.717, 1.165) is 16.7 Å². The largest absolute Gasteiger partial charge is 0.423 e. The highest BCUT2D eigenvalue weighted by Gasteiger charge is 2.57. The van der Waals surface area contributed by atoms with Crippen LogP contribution in [0.25, 0.3) is 0 Å². The minimum Gasteiger partial charge on any atom is -0.423 e. The van der Waals surface area contributed by atoms with E-state index in [1.54, 1.807) is 29.2 Å². The van der Waals surface area contributed by atoms with E-state index in [0.29, 0.717) is 29.7 Å². The molecule has 0 aromatic heterocycles. The maximum absolute atomic E-state index is 13.8. The lowest BCUT2D eigenvalue weighted by molar-refractivity contribution is -0.120. The zero-order chi connectivity index (χ0) is 24.7. The van der Waals surface area contributed by atoms with E-state index in [1.807, 2.05) is 69.3 Å². The third-order valence-electron chi connectivity index (χ3n) is 7.03. The van der Waals surface area contributed by atoms with Crippen LogP contribution in [-0.2, 0) is 4.79 Å². The zero-order valence-corrected chi connectivity index (χ0v) is 20.1. The Balaban J connectivity index is 1.53. The minimum absolute atomic E-state index is 0.0582. The molecule has 3 atom stereocenters. The van der Waals surface area contributed by atoms with Gasteiger partial charge in [0.05, 0.1) is 11.6 Å². The second kappa shape index (κ2) is 8.69. The minimum atomic E-state index is -0.449. The molecule has 3 aromatic rings. The molecule has 0 unspecified atom stereocenters. The average molecular weight is 469 g/mol. The number of hydrogen-bond acceptors (Lipinski definition) is 4. The number of fused-ring (bicyclic) bond motifs is 1. The molecule has 0 aliphatic carbocycles. The van der Waals surface area contributed by atoms with Crippen LogP contribution in [0.3, 0.4) is 0 Å². The smallest absolute Gasteiger partial charge is 0.343 e. The summed E-state index contributed by atoms with van der Waals surface area (Å²) in [5.41, 5.74) is 3.31. The Morgan fingerprint density at radius 3 is 2.31 bits per heavy atom. The summed E-state index contributed by atoms with van der Waals surface area (Å²) >= 11 is 0. The normalized spacial score (nSPS) is 23.1. The van der Waals surface area contributed by atoms with Crippen molar-refractivity contribution in [2.45, 2.75) is 45.8 Å². The summed E-state index contributed by atoms with van der Waals surface area (Å²) < 4.78 is 5.86. The lowest BCUT2D eigenvalue weighted by atomic mass is 9.83. The molecule has 0 bridgehead atoms. The first-order chi connectivity index (χ1) is 16.7. The van der Waals surface area contributed by atoms with Gasteiger partial charge in [-0.2, -0.15) is 0 Å². The number of nitrogens with one attached hydrogen (secondary N) is 1. The molecule has 178 valence electrons. The van der Waals surface area contributed by atoms with Crippen LogP contribution in [0.2, 0.25) is 0 Å². The third-order valence-corrected chi connectivity index (χ3v) is 7.03. The van der Waals surface area contributed by atoms with Crippen molar-refractivity contribution in [3.8, 4) is 5.75 Å². The van der Waals surface area contributed by atoms with Crippen LogP contribution in [0, 0.1) is 19.3 Å². The van der Waals surface area contributed by atoms with Gasteiger partial charge in [0.1, 0.15) is 11.9 Å². The SMILES string of the molecule is Cc1cccc(C(=O)Oc2ccccc2[C@@H]2C[C@]3(C)CC(=O)N[C@@H]3N2C(=O)c2cccc(C)c2)c1. The van der Waals surface area contributed by atoms with Gasteiger partial charge in [0.25, 0.3) is 5.91 Å². The van der Waals surface area contributed by atoms with Gasteiger partial charge in [-0.15, -0.1) is 0 Å². The summed E-state index contributed by atoms with van der Waals surface area (Å²) in [5, 5.41) is 3.02. The standard InChI is InChI=1S/C29H28N2O4/c1-18-8-6-10-20(14-18)26(33)31-23(16-29(3)17-25(32)30-28(29)31)22-12-4-5-13-24(22)35-27(34)21-11-7-9-19(2)15-21/h4-15,23,28H,16-17H2,1-3H3,(H,30,32)/t23-,28+,29+/m0/s1. The number of esters is 1. The molecule has 2 fully saturated rings. The number of carbonyl (C=O) groups is 3. The van der Waals surface area contributed by atoms with Gasteiger partial charge in [0, 0.05) is 23.0 Å². The van der Waals surface area contributed by atoms with Crippen molar-refractivity contribution < 1.29 is 19.1 Å². The van der Waals surface area contributed by atoms with Crippen LogP contribution in [0.15, 0.2) is 72.8 Å². The first kappa shape index (κ1) is 22.8. The number of carbonyl (C=O) groups excluding carboxylic acids is 3. The third kappa shape index (κ3) is 4.20. The molecule has 2 amide bonds. The van der Waals surface area contributed by atoms with Gasteiger partial charge in [-0.25, -0.2) is 4.79 Å². The Morgan fingerprint density at radius 1 is 0.943 bits per heavy atom. The van der Waals surface area contributed by atoms with Crippen LogP contribution in [0.4, 0.5) is 0 Å². The summed E-state index contributed by atoms with van der Waals surface area (Å²) in [6, 6.07) is 21.7. The molecule has 2 heterocycles. The number of para-hydroxylation sites is 1. The number of nitrogens with zero attached hydrogens (tertiary/aromatic N) is 1. The maximum atomic E-state index is 13.8. The topological polar surface area (TPSA) is 75.7 Å². The summed E-state index contributed by atoms with van der Waals surface area (Å²) in [5.74, 6) is -0.247. The van der Waals surface area contributed by atoms with Crippen molar-refractivity contribution in [2.24, 2.45) is 5.41 Å². The monoisotopic (exact) mass is 468 g/mol. The highest BCUT2D eigenvalue weighted by molar-refractivity contribution is 5.96. The molecular weight excluding hydrogens is 440 g/mol. The fourth-order valence-electron chi connectivity index (χ4n) is 5.38. The van der Waals surface area contributed by atoms with E-state index < -0.39 is 17.6 Å². The van der Waals surface area contributed by atoms with Crippen LogP contribution >= 0.6 is 0 Å². The lowest BCUT2D eigenvalue weighted by Gasteiger charge is -2.32. The van der Waals surface area contributed by atoms with Gasteiger partial charge in [-0.05, 0) is 50.6 Å². The number of likely N-dealkylation sites (tertiary alicyclic amines) is 1. The van der Waals surface area contributed by atoms with Crippen molar-refractivity contribution in [3.63, 3.8) is 0 Å². The van der Waals surface area contributed by atoms with E-state index in [2.05, 4.69) is 5.32 Å². The van der Waals surface area contributed by atoms with Crippen LogP contribution in [0.1, 0.15) is 63.2 Å².